The van der Waals surface area contributed by atoms with Crippen LogP contribution in [0.25, 0.3) is 11.3 Å². The van der Waals surface area contributed by atoms with E-state index in [0.29, 0.717) is 6.61 Å². The van der Waals surface area contributed by atoms with Crippen molar-refractivity contribution in [3.63, 3.8) is 0 Å². The molecule has 72 valence electrons. The fourth-order valence-electron chi connectivity index (χ4n) is 1.27. The van der Waals surface area contributed by atoms with Crippen LogP contribution in [0, 0.1) is 0 Å². The summed E-state index contributed by atoms with van der Waals surface area (Å²) in [5, 5.41) is 3.86. The molecule has 14 heavy (non-hydrogen) atoms. The van der Waals surface area contributed by atoms with E-state index in [0.717, 1.165) is 17.0 Å². The summed E-state index contributed by atoms with van der Waals surface area (Å²) in [5.41, 5.74) is 1.83. The monoisotopic (exact) mass is 189 g/mol. The molecule has 1 heterocycles. The van der Waals surface area contributed by atoms with E-state index in [1.807, 2.05) is 37.3 Å². The molecule has 1 aromatic carbocycles. The van der Waals surface area contributed by atoms with Gasteiger partial charge in [-0.1, -0.05) is 17.3 Å². The largest absolute Gasteiger partial charge is 0.494 e. The molecule has 0 atom stereocenters. The van der Waals surface area contributed by atoms with Crippen molar-refractivity contribution in [3.05, 3.63) is 36.6 Å². The summed E-state index contributed by atoms with van der Waals surface area (Å²) in [4.78, 5) is 0. The molecule has 0 aliphatic carbocycles. The molecule has 2 rings (SSSR count). The molecule has 0 unspecified atom stereocenters. The van der Waals surface area contributed by atoms with Crippen LogP contribution < -0.4 is 4.74 Å². The summed E-state index contributed by atoms with van der Waals surface area (Å²) < 4.78 is 10.2. The first-order chi connectivity index (χ1) is 6.90. The summed E-state index contributed by atoms with van der Waals surface area (Å²) in [6, 6.07) is 9.61. The average molecular weight is 189 g/mol. The summed E-state index contributed by atoms with van der Waals surface area (Å²) in [6.45, 7) is 2.63. The van der Waals surface area contributed by atoms with E-state index in [4.69, 9.17) is 9.26 Å². The van der Waals surface area contributed by atoms with Gasteiger partial charge in [-0.3, -0.25) is 0 Å². The molecule has 0 aliphatic heterocycles. The van der Waals surface area contributed by atoms with Crippen molar-refractivity contribution >= 4 is 0 Å². The Bertz CT molecular complexity index is 395. The highest BCUT2D eigenvalue weighted by molar-refractivity contribution is 5.60. The van der Waals surface area contributed by atoms with E-state index in [-0.39, 0.29) is 0 Å². The van der Waals surface area contributed by atoms with E-state index in [1.54, 1.807) is 6.26 Å². The molecule has 0 fully saturated rings. The molecule has 3 nitrogen and oxygen atoms in total. The van der Waals surface area contributed by atoms with E-state index < -0.39 is 0 Å². The predicted molar refractivity (Wildman–Crippen MR) is 53.1 cm³/mol. The van der Waals surface area contributed by atoms with Crippen LogP contribution in [0.5, 0.6) is 5.75 Å². The summed E-state index contributed by atoms with van der Waals surface area (Å²) in [6.07, 6.45) is 1.56. The second kappa shape index (κ2) is 3.96. The van der Waals surface area contributed by atoms with Crippen LogP contribution >= 0.6 is 0 Å². The Kier molecular flexibility index (Phi) is 2.49. The topological polar surface area (TPSA) is 35.3 Å². The molecule has 0 bridgehead atoms. The molecule has 1 aromatic heterocycles. The first-order valence-electron chi connectivity index (χ1n) is 4.54. The predicted octanol–water partition coefficient (Wildman–Crippen LogP) is 2.74. The standard InChI is InChI=1S/C11H11NO2/c1-2-13-10-5-3-4-9(8-10)11-6-7-14-12-11/h3-8H,2H2,1H3. The maximum atomic E-state index is 5.39. The smallest absolute Gasteiger partial charge is 0.124 e. The SMILES string of the molecule is CCOc1cccc(-c2ccon2)c1. The van der Waals surface area contributed by atoms with Crippen LogP contribution in [0.2, 0.25) is 0 Å². The third kappa shape index (κ3) is 1.76. The zero-order valence-corrected chi connectivity index (χ0v) is 7.93. The van der Waals surface area contributed by atoms with Crippen molar-refractivity contribution in [3.8, 4) is 17.0 Å². The first kappa shape index (κ1) is 8.81. The lowest BCUT2D eigenvalue weighted by molar-refractivity contribution is 0.340. The number of hydrogen-bond donors (Lipinski definition) is 0. The van der Waals surface area contributed by atoms with E-state index in [2.05, 4.69) is 5.16 Å². The molecule has 0 amide bonds. The van der Waals surface area contributed by atoms with Crippen LogP contribution in [0.4, 0.5) is 0 Å². The number of benzene rings is 1. The lowest BCUT2D eigenvalue weighted by atomic mass is 10.1. The van der Waals surface area contributed by atoms with Gasteiger partial charge in [0.2, 0.25) is 0 Å². The van der Waals surface area contributed by atoms with Crippen molar-refractivity contribution in [1.29, 1.82) is 0 Å². The molecule has 0 aliphatic rings. The van der Waals surface area contributed by atoms with Gasteiger partial charge in [0.15, 0.2) is 0 Å². The van der Waals surface area contributed by atoms with Crippen LogP contribution in [-0.4, -0.2) is 11.8 Å². The lowest BCUT2D eigenvalue weighted by Gasteiger charge is -2.03. The third-order valence-electron chi connectivity index (χ3n) is 1.88. The van der Waals surface area contributed by atoms with Gasteiger partial charge in [0.1, 0.15) is 17.7 Å². The number of hydrogen-bond acceptors (Lipinski definition) is 3. The Balaban J connectivity index is 2.31. The maximum Gasteiger partial charge on any atom is 0.124 e. The van der Waals surface area contributed by atoms with Gasteiger partial charge in [0, 0.05) is 11.6 Å². The van der Waals surface area contributed by atoms with Crippen molar-refractivity contribution in [2.75, 3.05) is 6.61 Å². The maximum absolute atomic E-state index is 5.39. The second-order valence-electron chi connectivity index (χ2n) is 2.85. The molecule has 0 spiro atoms. The van der Waals surface area contributed by atoms with Crippen LogP contribution in [-0.2, 0) is 0 Å². The van der Waals surface area contributed by atoms with Gasteiger partial charge in [-0.05, 0) is 19.1 Å². The van der Waals surface area contributed by atoms with E-state index in [9.17, 15) is 0 Å². The molecular formula is C11H11NO2. The molecule has 0 saturated heterocycles. The Morgan fingerprint density at radius 3 is 3.00 bits per heavy atom. The highest BCUT2D eigenvalue weighted by Crippen LogP contribution is 2.21. The molecule has 0 saturated carbocycles. The number of ether oxygens (including phenoxy) is 1. The van der Waals surface area contributed by atoms with Gasteiger partial charge in [-0.25, -0.2) is 0 Å². The third-order valence-corrected chi connectivity index (χ3v) is 1.88. The van der Waals surface area contributed by atoms with Crippen LogP contribution in [0.3, 0.4) is 0 Å². The van der Waals surface area contributed by atoms with E-state index >= 15 is 0 Å². The summed E-state index contributed by atoms with van der Waals surface area (Å²) in [5.74, 6) is 0.855. The van der Waals surface area contributed by atoms with Crippen LogP contribution in [0.15, 0.2) is 41.1 Å². The zero-order chi connectivity index (χ0) is 9.80. The van der Waals surface area contributed by atoms with Gasteiger partial charge < -0.3 is 9.26 Å². The Labute approximate surface area is 82.3 Å². The number of nitrogens with zero attached hydrogens (tertiary/aromatic N) is 1. The zero-order valence-electron chi connectivity index (χ0n) is 7.93. The minimum Gasteiger partial charge on any atom is -0.494 e. The van der Waals surface area contributed by atoms with Gasteiger partial charge in [0.05, 0.1) is 6.61 Å². The normalized spacial score (nSPS) is 10.1. The van der Waals surface area contributed by atoms with Gasteiger partial charge in [-0.2, -0.15) is 0 Å². The highest BCUT2D eigenvalue weighted by Gasteiger charge is 2.01. The average Bonchev–Trinajstić information content (AvgIpc) is 2.71. The van der Waals surface area contributed by atoms with Gasteiger partial charge in [0.25, 0.3) is 0 Å². The lowest BCUT2D eigenvalue weighted by Crippen LogP contribution is -1.91. The minimum atomic E-state index is 0.669. The van der Waals surface area contributed by atoms with Crippen molar-refractivity contribution in [1.82, 2.24) is 5.16 Å². The molecule has 2 aromatic rings. The fourth-order valence-corrected chi connectivity index (χ4v) is 1.27. The highest BCUT2D eigenvalue weighted by atomic mass is 16.5. The second-order valence-corrected chi connectivity index (χ2v) is 2.85. The van der Waals surface area contributed by atoms with Gasteiger partial charge >= 0.3 is 0 Å². The van der Waals surface area contributed by atoms with Crippen molar-refractivity contribution in [2.24, 2.45) is 0 Å². The molecule has 3 heteroatoms. The van der Waals surface area contributed by atoms with Crippen LogP contribution in [0.1, 0.15) is 6.92 Å². The van der Waals surface area contributed by atoms with Crippen molar-refractivity contribution < 1.29 is 9.26 Å². The quantitative estimate of drug-likeness (QED) is 0.744. The molecular weight excluding hydrogens is 178 g/mol. The number of rotatable bonds is 3. The molecule has 0 radical (unpaired) electrons. The Hall–Kier alpha value is -1.77. The molecule has 0 N–H and O–H groups in total. The van der Waals surface area contributed by atoms with E-state index in [1.165, 1.54) is 0 Å². The summed E-state index contributed by atoms with van der Waals surface area (Å²) >= 11 is 0. The summed E-state index contributed by atoms with van der Waals surface area (Å²) in [7, 11) is 0. The fraction of sp³-hybridized carbons (Fsp3) is 0.182. The first-order valence-corrected chi connectivity index (χ1v) is 4.54. The van der Waals surface area contributed by atoms with Gasteiger partial charge in [-0.15, -0.1) is 0 Å². The number of aromatic nitrogens is 1. The van der Waals surface area contributed by atoms with Crippen molar-refractivity contribution in [2.45, 2.75) is 6.92 Å². The minimum absolute atomic E-state index is 0.669. The Morgan fingerprint density at radius 1 is 1.36 bits per heavy atom. The Morgan fingerprint density at radius 2 is 2.29 bits per heavy atom.